The fraction of sp³-hybridized carbons (Fsp3) is 0.182. The summed E-state index contributed by atoms with van der Waals surface area (Å²) in [6.07, 6.45) is 0. The molecule has 8 nitrogen and oxygen atoms in total. The molecular weight excluding hydrogens is 282 g/mol. The zero-order chi connectivity index (χ0) is 14.1. The second kappa shape index (κ2) is 4.85. The van der Waals surface area contributed by atoms with Gasteiger partial charge in [0.05, 0.1) is 10.7 Å². The van der Waals surface area contributed by atoms with E-state index in [0.717, 1.165) is 5.01 Å². The molecule has 1 N–H and O–H groups in total. The Labute approximate surface area is 116 Å². The van der Waals surface area contributed by atoms with Gasteiger partial charge < -0.3 is 8.94 Å². The summed E-state index contributed by atoms with van der Waals surface area (Å²) < 4.78 is 10.1. The van der Waals surface area contributed by atoms with Gasteiger partial charge in [-0.2, -0.15) is 0 Å². The molecule has 0 bridgehead atoms. The van der Waals surface area contributed by atoms with E-state index in [1.807, 2.05) is 6.92 Å². The number of carbonyl (C=O) groups is 1. The van der Waals surface area contributed by atoms with E-state index in [1.165, 1.54) is 17.4 Å². The van der Waals surface area contributed by atoms with E-state index < -0.39 is 5.91 Å². The molecule has 9 heteroatoms. The third kappa shape index (κ3) is 2.43. The lowest BCUT2D eigenvalue weighted by Crippen LogP contribution is -2.11. The summed E-state index contributed by atoms with van der Waals surface area (Å²) >= 11 is 1.47. The molecule has 0 aromatic carbocycles. The van der Waals surface area contributed by atoms with Crippen LogP contribution in [0.2, 0.25) is 0 Å². The Hall–Kier alpha value is -2.55. The second-order valence-corrected chi connectivity index (χ2v) is 5.01. The first-order valence-corrected chi connectivity index (χ1v) is 6.50. The van der Waals surface area contributed by atoms with Crippen molar-refractivity contribution in [3.63, 3.8) is 0 Å². The van der Waals surface area contributed by atoms with Crippen LogP contribution in [0.5, 0.6) is 0 Å². The lowest BCUT2D eigenvalue weighted by molar-refractivity contribution is 0.0985. The van der Waals surface area contributed by atoms with Crippen LogP contribution in [-0.4, -0.2) is 26.2 Å². The van der Waals surface area contributed by atoms with E-state index in [4.69, 9.17) is 8.94 Å². The van der Waals surface area contributed by atoms with Crippen molar-refractivity contribution in [1.29, 1.82) is 0 Å². The minimum atomic E-state index is -0.504. The number of hydrogen-bond donors (Lipinski definition) is 1. The average molecular weight is 291 g/mol. The van der Waals surface area contributed by atoms with Crippen molar-refractivity contribution >= 4 is 23.3 Å². The maximum atomic E-state index is 11.8. The number of anilines is 1. The molecule has 0 saturated heterocycles. The highest BCUT2D eigenvalue weighted by atomic mass is 32.1. The Morgan fingerprint density at radius 2 is 2.20 bits per heavy atom. The SMILES string of the molecule is Cc1cc(C(=O)Nc2nnc(-c3csc(C)n3)o2)on1. The highest BCUT2D eigenvalue weighted by Gasteiger charge is 2.17. The van der Waals surface area contributed by atoms with Gasteiger partial charge >= 0.3 is 6.01 Å². The third-order valence-corrected chi connectivity index (χ3v) is 3.11. The molecule has 0 saturated carbocycles. The Balaban J connectivity index is 1.76. The monoisotopic (exact) mass is 291 g/mol. The molecule has 1 amide bonds. The number of thiazole rings is 1. The van der Waals surface area contributed by atoms with Crippen LogP contribution in [0.1, 0.15) is 21.3 Å². The first kappa shape index (κ1) is 12.5. The van der Waals surface area contributed by atoms with Gasteiger partial charge in [-0.15, -0.1) is 16.4 Å². The van der Waals surface area contributed by atoms with Gasteiger partial charge in [0.1, 0.15) is 5.69 Å². The molecule has 3 aromatic rings. The first-order chi connectivity index (χ1) is 9.61. The number of aromatic nitrogens is 4. The van der Waals surface area contributed by atoms with Crippen LogP contribution in [-0.2, 0) is 0 Å². The van der Waals surface area contributed by atoms with E-state index in [-0.39, 0.29) is 17.7 Å². The minimum Gasteiger partial charge on any atom is -0.401 e. The van der Waals surface area contributed by atoms with Gasteiger partial charge in [-0.05, 0) is 13.8 Å². The van der Waals surface area contributed by atoms with Gasteiger partial charge in [-0.25, -0.2) is 4.98 Å². The largest absolute Gasteiger partial charge is 0.401 e. The van der Waals surface area contributed by atoms with E-state index in [2.05, 4.69) is 25.7 Å². The van der Waals surface area contributed by atoms with Crippen LogP contribution in [0.25, 0.3) is 11.6 Å². The predicted molar refractivity (Wildman–Crippen MR) is 69.3 cm³/mol. The van der Waals surface area contributed by atoms with E-state index in [9.17, 15) is 4.79 Å². The van der Waals surface area contributed by atoms with Crippen molar-refractivity contribution in [3.8, 4) is 11.6 Å². The number of nitrogens with zero attached hydrogens (tertiary/aromatic N) is 4. The molecule has 3 rings (SSSR count). The van der Waals surface area contributed by atoms with Crippen LogP contribution < -0.4 is 5.32 Å². The van der Waals surface area contributed by atoms with E-state index >= 15 is 0 Å². The Morgan fingerprint density at radius 3 is 2.85 bits per heavy atom. The van der Waals surface area contributed by atoms with Crippen molar-refractivity contribution in [2.45, 2.75) is 13.8 Å². The lowest BCUT2D eigenvalue weighted by Gasteiger charge is -1.94. The van der Waals surface area contributed by atoms with Gasteiger partial charge in [0.15, 0.2) is 0 Å². The summed E-state index contributed by atoms with van der Waals surface area (Å²) in [5.41, 5.74) is 1.19. The highest BCUT2D eigenvalue weighted by molar-refractivity contribution is 7.09. The normalized spacial score (nSPS) is 10.7. The number of rotatable bonds is 3. The third-order valence-electron chi connectivity index (χ3n) is 2.34. The second-order valence-electron chi connectivity index (χ2n) is 3.95. The molecule has 102 valence electrons. The lowest BCUT2D eigenvalue weighted by atomic mass is 10.4. The highest BCUT2D eigenvalue weighted by Crippen LogP contribution is 2.21. The van der Waals surface area contributed by atoms with Gasteiger partial charge in [-0.3, -0.25) is 10.1 Å². The average Bonchev–Trinajstić information content (AvgIpc) is 3.10. The molecule has 0 unspecified atom stereocenters. The molecular formula is C11H9N5O3S. The van der Waals surface area contributed by atoms with Crippen molar-refractivity contribution < 1.29 is 13.7 Å². The molecule has 0 aliphatic heterocycles. The number of aryl methyl sites for hydroxylation is 2. The molecule has 0 spiro atoms. The number of nitrogens with one attached hydrogen (secondary N) is 1. The van der Waals surface area contributed by atoms with E-state index in [1.54, 1.807) is 12.3 Å². The zero-order valence-corrected chi connectivity index (χ0v) is 11.4. The van der Waals surface area contributed by atoms with Crippen molar-refractivity contribution in [1.82, 2.24) is 20.3 Å². The van der Waals surface area contributed by atoms with Crippen molar-refractivity contribution in [2.24, 2.45) is 0 Å². The van der Waals surface area contributed by atoms with Gasteiger partial charge in [-0.1, -0.05) is 10.3 Å². The summed E-state index contributed by atoms with van der Waals surface area (Å²) in [7, 11) is 0. The summed E-state index contributed by atoms with van der Waals surface area (Å²) in [6.45, 7) is 3.59. The van der Waals surface area contributed by atoms with Crippen LogP contribution >= 0.6 is 11.3 Å². The number of hydrogen-bond acceptors (Lipinski definition) is 8. The fourth-order valence-electron chi connectivity index (χ4n) is 1.47. The minimum absolute atomic E-state index is 0.0234. The maximum absolute atomic E-state index is 11.8. The fourth-order valence-corrected chi connectivity index (χ4v) is 2.05. The summed E-state index contributed by atoms with van der Waals surface area (Å²) in [4.78, 5) is 16.0. The quantitative estimate of drug-likeness (QED) is 0.786. The molecule has 0 atom stereocenters. The van der Waals surface area contributed by atoms with Crippen molar-refractivity contribution in [2.75, 3.05) is 5.32 Å². The van der Waals surface area contributed by atoms with Gasteiger partial charge in [0.25, 0.3) is 11.8 Å². The van der Waals surface area contributed by atoms with Crippen LogP contribution in [0.15, 0.2) is 20.4 Å². The van der Waals surface area contributed by atoms with Crippen LogP contribution in [0.3, 0.4) is 0 Å². The molecule has 0 fully saturated rings. The van der Waals surface area contributed by atoms with Crippen LogP contribution in [0, 0.1) is 13.8 Å². The molecule has 3 aromatic heterocycles. The predicted octanol–water partition coefficient (Wildman–Crippen LogP) is 2.05. The van der Waals surface area contributed by atoms with Gasteiger partial charge in [0.2, 0.25) is 5.76 Å². The number of carbonyl (C=O) groups excluding carboxylic acids is 1. The maximum Gasteiger partial charge on any atom is 0.322 e. The number of amides is 1. The molecule has 3 heterocycles. The molecule has 0 radical (unpaired) electrons. The summed E-state index contributed by atoms with van der Waals surface area (Å²) in [5.74, 6) is -0.180. The first-order valence-electron chi connectivity index (χ1n) is 5.62. The molecule has 0 aliphatic rings. The van der Waals surface area contributed by atoms with Crippen LogP contribution in [0.4, 0.5) is 6.01 Å². The smallest absolute Gasteiger partial charge is 0.322 e. The van der Waals surface area contributed by atoms with Crippen molar-refractivity contribution in [3.05, 3.63) is 27.9 Å². The molecule has 20 heavy (non-hydrogen) atoms. The molecule has 0 aliphatic carbocycles. The Bertz CT molecular complexity index is 760. The summed E-state index contributed by atoms with van der Waals surface area (Å²) in [5, 5.41) is 16.3. The van der Waals surface area contributed by atoms with Gasteiger partial charge in [0, 0.05) is 11.4 Å². The van der Waals surface area contributed by atoms with E-state index in [0.29, 0.717) is 11.4 Å². The zero-order valence-electron chi connectivity index (χ0n) is 10.6. The Morgan fingerprint density at radius 1 is 1.35 bits per heavy atom. The standard InChI is InChI=1S/C11H9N5O3S/c1-5-3-8(19-16-5)9(17)13-11-15-14-10(18-11)7-4-20-6(2)12-7/h3-4H,1-2H3,(H,13,15,17). The Kier molecular flexibility index (Phi) is 3.03. The topological polar surface area (TPSA) is 107 Å². The summed E-state index contributed by atoms with van der Waals surface area (Å²) in [6, 6.07) is 1.49.